The number of anilines is 1. The molecule has 0 radical (unpaired) electrons. The van der Waals surface area contributed by atoms with Crippen molar-refractivity contribution in [2.75, 3.05) is 24.5 Å². The van der Waals surface area contributed by atoms with E-state index in [-0.39, 0.29) is 23.7 Å². The van der Waals surface area contributed by atoms with Crippen LogP contribution in [0.1, 0.15) is 96.0 Å². The van der Waals surface area contributed by atoms with Gasteiger partial charge in [0, 0.05) is 49.4 Å². The number of rotatable bonds is 11. The third-order valence-corrected chi connectivity index (χ3v) is 7.10. The molecule has 2 aliphatic rings. The number of carbonyl (C=O) groups is 4. The van der Waals surface area contributed by atoms with Gasteiger partial charge >= 0.3 is 6.09 Å². The molecular weight excluding hydrogens is 484 g/mol. The first-order valence-corrected chi connectivity index (χ1v) is 13.8. The molecule has 9 heteroatoms. The second-order valence-corrected chi connectivity index (χ2v) is 12.2. The predicted molar refractivity (Wildman–Crippen MR) is 147 cm³/mol. The lowest BCUT2D eigenvalue weighted by molar-refractivity contribution is -0.136. The lowest BCUT2D eigenvalue weighted by atomic mass is 9.89. The molecule has 38 heavy (non-hydrogen) atoms. The molecule has 1 fully saturated rings. The third-order valence-electron chi connectivity index (χ3n) is 7.10. The standard InChI is InChI=1S/C29H44N4O5/c1-7-8-9-16-32(17-15-29(5,6)19-30-27(37)38-28(2,3)4)22-12-10-11-20-21(22)18-33(26(20)36)23-13-14-24(34)31-25(23)35/h10-12,23H,7-9,13-19H2,1-6H3,(H,30,37)(H,31,34,35). The van der Waals surface area contributed by atoms with E-state index in [0.29, 0.717) is 25.1 Å². The summed E-state index contributed by atoms with van der Waals surface area (Å²) in [6.07, 6.45) is 4.23. The second kappa shape index (κ2) is 12.2. The van der Waals surface area contributed by atoms with Gasteiger partial charge in [0.05, 0.1) is 0 Å². The number of alkyl carbamates (subject to hydrolysis) is 1. The average Bonchev–Trinajstić information content (AvgIpc) is 3.15. The average molecular weight is 529 g/mol. The van der Waals surface area contributed by atoms with Gasteiger partial charge in [0.2, 0.25) is 11.8 Å². The highest BCUT2D eigenvalue weighted by molar-refractivity contribution is 6.06. The van der Waals surface area contributed by atoms with Gasteiger partial charge in [-0.1, -0.05) is 39.7 Å². The molecule has 2 aliphatic heterocycles. The summed E-state index contributed by atoms with van der Waals surface area (Å²) in [5, 5.41) is 5.27. The Balaban J connectivity index is 1.74. The molecular formula is C29H44N4O5. The number of benzene rings is 1. The fourth-order valence-electron chi connectivity index (χ4n) is 4.92. The number of piperidine rings is 1. The topological polar surface area (TPSA) is 108 Å². The van der Waals surface area contributed by atoms with Gasteiger partial charge in [-0.3, -0.25) is 19.7 Å². The van der Waals surface area contributed by atoms with Gasteiger partial charge in [-0.05, 0) is 57.6 Å². The summed E-state index contributed by atoms with van der Waals surface area (Å²) >= 11 is 0. The molecule has 0 aromatic heterocycles. The summed E-state index contributed by atoms with van der Waals surface area (Å²) in [4.78, 5) is 53.6. The van der Waals surface area contributed by atoms with Crippen LogP contribution in [0.4, 0.5) is 10.5 Å². The van der Waals surface area contributed by atoms with Crippen molar-refractivity contribution in [1.29, 1.82) is 0 Å². The fraction of sp³-hybridized carbons (Fsp3) is 0.655. The van der Waals surface area contributed by atoms with E-state index in [2.05, 4.69) is 42.4 Å². The van der Waals surface area contributed by atoms with Crippen molar-refractivity contribution in [3.05, 3.63) is 29.3 Å². The minimum atomic E-state index is -0.633. The van der Waals surface area contributed by atoms with Gasteiger partial charge in [-0.15, -0.1) is 0 Å². The summed E-state index contributed by atoms with van der Waals surface area (Å²) < 4.78 is 5.38. The molecule has 2 heterocycles. The molecule has 210 valence electrons. The molecule has 4 amide bonds. The minimum Gasteiger partial charge on any atom is -0.444 e. The molecule has 1 aromatic rings. The molecule has 0 spiro atoms. The zero-order chi connectivity index (χ0) is 28.1. The molecule has 1 aromatic carbocycles. The number of imide groups is 1. The van der Waals surface area contributed by atoms with Crippen LogP contribution >= 0.6 is 0 Å². The molecule has 0 saturated carbocycles. The summed E-state index contributed by atoms with van der Waals surface area (Å²) in [6.45, 7) is 14.4. The van der Waals surface area contributed by atoms with Gasteiger partial charge in [0.25, 0.3) is 5.91 Å². The van der Waals surface area contributed by atoms with E-state index in [4.69, 9.17) is 4.74 Å². The Morgan fingerprint density at radius 3 is 2.53 bits per heavy atom. The maximum atomic E-state index is 13.3. The van der Waals surface area contributed by atoms with Gasteiger partial charge in [0.1, 0.15) is 11.6 Å². The first kappa shape index (κ1) is 29.5. The summed E-state index contributed by atoms with van der Waals surface area (Å²) in [7, 11) is 0. The zero-order valence-corrected chi connectivity index (χ0v) is 23.8. The van der Waals surface area contributed by atoms with Crippen molar-refractivity contribution in [1.82, 2.24) is 15.5 Å². The number of amides is 4. The first-order chi connectivity index (χ1) is 17.8. The molecule has 3 rings (SSSR count). The Morgan fingerprint density at radius 1 is 1.13 bits per heavy atom. The van der Waals surface area contributed by atoms with Crippen molar-refractivity contribution < 1.29 is 23.9 Å². The number of unbranched alkanes of at least 4 members (excludes halogenated alkanes) is 2. The summed E-state index contributed by atoms with van der Waals surface area (Å²) in [5.74, 6) is -0.850. The van der Waals surface area contributed by atoms with Crippen LogP contribution < -0.4 is 15.5 Å². The van der Waals surface area contributed by atoms with E-state index < -0.39 is 23.6 Å². The van der Waals surface area contributed by atoms with E-state index in [1.165, 1.54) is 0 Å². The number of carbonyl (C=O) groups excluding carboxylic acids is 4. The van der Waals surface area contributed by atoms with Gasteiger partial charge in [0.15, 0.2) is 0 Å². The van der Waals surface area contributed by atoms with Crippen molar-refractivity contribution in [3.8, 4) is 0 Å². The smallest absolute Gasteiger partial charge is 0.407 e. The van der Waals surface area contributed by atoms with Crippen LogP contribution in [0.25, 0.3) is 0 Å². The highest BCUT2D eigenvalue weighted by Crippen LogP contribution is 2.35. The van der Waals surface area contributed by atoms with Crippen molar-refractivity contribution in [3.63, 3.8) is 0 Å². The van der Waals surface area contributed by atoms with Crippen LogP contribution in [0.5, 0.6) is 0 Å². The highest BCUT2D eigenvalue weighted by atomic mass is 16.6. The predicted octanol–water partition coefficient (Wildman–Crippen LogP) is 4.39. The largest absolute Gasteiger partial charge is 0.444 e. The van der Waals surface area contributed by atoms with E-state index >= 15 is 0 Å². The Kier molecular flexibility index (Phi) is 9.44. The monoisotopic (exact) mass is 528 g/mol. The first-order valence-electron chi connectivity index (χ1n) is 13.8. The number of fused-ring (bicyclic) bond motifs is 1. The van der Waals surface area contributed by atoms with Crippen LogP contribution in [0.15, 0.2) is 18.2 Å². The van der Waals surface area contributed by atoms with E-state index in [1.54, 1.807) is 4.90 Å². The van der Waals surface area contributed by atoms with Crippen LogP contribution in [0.2, 0.25) is 0 Å². The van der Waals surface area contributed by atoms with Crippen molar-refractivity contribution >= 4 is 29.5 Å². The molecule has 0 bridgehead atoms. The van der Waals surface area contributed by atoms with Gasteiger partial charge in [-0.2, -0.15) is 0 Å². The highest BCUT2D eigenvalue weighted by Gasteiger charge is 2.40. The SMILES string of the molecule is CCCCCN(CCC(C)(C)CNC(=O)OC(C)(C)C)c1cccc2c1CN(C1CCC(=O)NC1=O)C2=O. The molecule has 2 N–H and O–H groups in total. The van der Waals surface area contributed by atoms with Gasteiger partial charge < -0.3 is 19.9 Å². The van der Waals surface area contributed by atoms with Crippen LogP contribution in [-0.4, -0.2) is 60.0 Å². The van der Waals surface area contributed by atoms with E-state index in [1.807, 2.05) is 32.9 Å². The fourth-order valence-corrected chi connectivity index (χ4v) is 4.92. The van der Waals surface area contributed by atoms with Crippen LogP contribution in [-0.2, 0) is 20.9 Å². The quantitative estimate of drug-likeness (QED) is 0.326. The number of ether oxygens (including phenoxy) is 1. The van der Waals surface area contributed by atoms with Gasteiger partial charge in [-0.25, -0.2) is 4.79 Å². The van der Waals surface area contributed by atoms with Crippen molar-refractivity contribution in [2.45, 2.75) is 98.3 Å². The lowest BCUT2D eigenvalue weighted by Crippen LogP contribution is -2.52. The number of hydrogen-bond donors (Lipinski definition) is 2. The third kappa shape index (κ3) is 7.71. The number of hydrogen-bond acceptors (Lipinski definition) is 6. The zero-order valence-electron chi connectivity index (χ0n) is 23.8. The molecule has 9 nitrogen and oxygen atoms in total. The number of nitrogens with zero attached hydrogens (tertiary/aromatic N) is 2. The van der Waals surface area contributed by atoms with Crippen LogP contribution in [0, 0.1) is 5.41 Å². The maximum absolute atomic E-state index is 13.3. The maximum Gasteiger partial charge on any atom is 0.407 e. The Bertz CT molecular complexity index is 1050. The molecule has 1 atom stereocenters. The van der Waals surface area contributed by atoms with Crippen LogP contribution in [0.3, 0.4) is 0 Å². The second-order valence-electron chi connectivity index (χ2n) is 12.2. The van der Waals surface area contributed by atoms with E-state index in [0.717, 1.165) is 50.0 Å². The molecule has 1 saturated heterocycles. The minimum absolute atomic E-state index is 0.160. The Labute approximate surface area is 226 Å². The molecule has 0 aliphatic carbocycles. The van der Waals surface area contributed by atoms with E-state index in [9.17, 15) is 19.2 Å². The molecule has 1 unspecified atom stereocenters. The van der Waals surface area contributed by atoms with Crippen molar-refractivity contribution in [2.24, 2.45) is 5.41 Å². The normalized spacial score (nSPS) is 17.8. The summed E-state index contributed by atoms with van der Waals surface area (Å²) in [6, 6.07) is 5.15. The Morgan fingerprint density at radius 2 is 1.87 bits per heavy atom. The number of nitrogens with one attached hydrogen (secondary N) is 2. The summed E-state index contributed by atoms with van der Waals surface area (Å²) in [5.41, 5.74) is 1.85. The Hall–Kier alpha value is -3.10. The lowest BCUT2D eigenvalue weighted by Gasteiger charge is -2.33.